The normalized spacial score (nSPS) is 21.4. The number of carbonyl (C=O) groups excluding carboxylic acids is 3. The number of nitrogens with one attached hydrogen (secondary N) is 1. The van der Waals surface area contributed by atoms with Crippen molar-refractivity contribution in [1.82, 2.24) is 24.5 Å². The van der Waals surface area contributed by atoms with E-state index in [1.165, 1.54) is 6.42 Å². The van der Waals surface area contributed by atoms with Crippen LogP contribution in [0.2, 0.25) is 5.02 Å². The number of anilines is 1. The Bertz CT molecular complexity index is 1420. The first-order valence-corrected chi connectivity index (χ1v) is 17.7. The number of likely N-dealkylation sites (tertiary alicyclic amines) is 2. The number of halogens is 1. The number of piperidine rings is 2. The molecule has 4 aliphatic heterocycles. The summed E-state index contributed by atoms with van der Waals surface area (Å²) in [7, 11) is 2.18. The molecule has 0 aromatic heterocycles. The molecule has 0 bridgehead atoms. The molecular weight excluding hydrogens is 616 g/mol. The Labute approximate surface area is 283 Å². The lowest BCUT2D eigenvalue weighted by atomic mass is 10.0. The summed E-state index contributed by atoms with van der Waals surface area (Å²) in [6.07, 6.45) is 3.99. The van der Waals surface area contributed by atoms with Gasteiger partial charge in [0, 0.05) is 75.0 Å². The minimum atomic E-state index is -0.933. The van der Waals surface area contributed by atoms with Crippen molar-refractivity contribution >= 4 is 35.3 Å². The molecule has 1 N–H and O–H groups in total. The molecule has 2 aromatic rings. The molecular formula is C36H49ClN6O4. The summed E-state index contributed by atoms with van der Waals surface area (Å²) in [5, 5.41) is 3.69. The lowest BCUT2D eigenvalue weighted by Crippen LogP contribution is -2.52. The Balaban J connectivity index is 1.07. The van der Waals surface area contributed by atoms with E-state index in [2.05, 4.69) is 28.2 Å². The Morgan fingerprint density at radius 1 is 0.894 bits per heavy atom. The van der Waals surface area contributed by atoms with Crippen molar-refractivity contribution < 1.29 is 19.1 Å². The van der Waals surface area contributed by atoms with Crippen LogP contribution in [-0.4, -0.2) is 127 Å². The van der Waals surface area contributed by atoms with Crippen LogP contribution in [0.4, 0.5) is 15.3 Å². The van der Waals surface area contributed by atoms with Crippen LogP contribution in [0.15, 0.2) is 42.5 Å². The lowest BCUT2D eigenvalue weighted by molar-refractivity contribution is -0.142. The number of hydrogen-bond donors (Lipinski definition) is 1. The van der Waals surface area contributed by atoms with Gasteiger partial charge in [0.1, 0.15) is 0 Å². The molecule has 3 saturated heterocycles. The molecule has 4 aliphatic rings. The quantitative estimate of drug-likeness (QED) is 0.474. The first-order valence-electron chi connectivity index (χ1n) is 17.3. The topological polar surface area (TPSA) is 88.7 Å². The van der Waals surface area contributed by atoms with E-state index in [4.69, 9.17) is 16.3 Å². The average Bonchev–Trinajstić information content (AvgIpc) is 3.40. The molecule has 1 atom stereocenters. The van der Waals surface area contributed by atoms with Gasteiger partial charge < -0.3 is 29.7 Å². The Morgan fingerprint density at radius 2 is 1.62 bits per heavy atom. The second kappa shape index (κ2) is 15.3. The summed E-state index contributed by atoms with van der Waals surface area (Å²) >= 11 is 6.44. The van der Waals surface area contributed by atoms with Crippen LogP contribution in [0.5, 0.6) is 0 Å². The predicted molar refractivity (Wildman–Crippen MR) is 184 cm³/mol. The number of likely N-dealkylation sites (N-methyl/N-ethyl adjacent to an activating group) is 1. The number of fused-ring (bicyclic) bond motifs is 1. The Morgan fingerprint density at radius 3 is 2.38 bits per heavy atom. The van der Waals surface area contributed by atoms with E-state index in [9.17, 15) is 14.4 Å². The molecule has 0 aliphatic carbocycles. The zero-order chi connectivity index (χ0) is 32.9. The standard InChI is InChI=1S/C36H49ClN6O4/c1-26-8-9-27(24-31(26)37)25-33(34(44)41-17-11-29(12-18-41)40-16-5-15-39(2)22-23-40)47-36(46)42-19-13-30(14-20-42)43-21-10-28-6-3-4-7-32(28)38-35(43)45/h3-4,6-9,24,29-30,33H,5,10-23,25H2,1-2H3,(H,38,45)/t33-/m1/s1. The molecule has 254 valence electrons. The third-order valence-electron chi connectivity index (χ3n) is 10.5. The molecule has 3 fully saturated rings. The predicted octanol–water partition coefficient (Wildman–Crippen LogP) is 4.88. The van der Waals surface area contributed by atoms with Crippen LogP contribution >= 0.6 is 11.6 Å². The van der Waals surface area contributed by atoms with Gasteiger partial charge >= 0.3 is 12.1 Å². The van der Waals surface area contributed by atoms with Crippen molar-refractivity contribution in [1.29, 1.82) is 0 Å². The number of benzene rings is 2. The molecule has 0 unspecified atom stereocenters. The monoisotopic (exact) mass is 664 g/mol. The van der Waals surface area contributed by atoms with Gasteiger partial charge in [0.05, 0.1) is 0 Å². The maximum Gasteiger partial charge on any atom is 0.410 e. The van der Waals surface area contributed by atoms with Gasteiger partial charge in [0.2, 0.25) is 0 Å². The number of para-hydroxylation sites is 1. The molecule has 47 heavy (non-hydrogen) atoms. The average molecular weight is 665 g/mol. The molecule has 0 spiro atoms. The lowest BCUT2D eigenvalue weighted by Gasteiger charge is -2.40. The Hall–Kier alpha value is -3.34. The SMILES string of the molecule is Cc1ccc(C[C@@H](OC(=O)N2CCC(N3CCc4ccccc4NC3=O)CC2)C(=O)N2CCC(N3CCCN(C)CC3)CC2)cc1Cl. The summed E-state index contributed by atoms with van der Waals surface area (Å²) in [5.41, 5.74) is 3.82. The van der Waals surface area contributed by atoms with E-state index in [0.717, 1.165) is 67.8 Å². The smallest absolute Gasteiger partial charge is 0.410 e. The number of urea groups is 1. The summed E-state index contributed by atoms with van der Waals surface area (Å²) in [6, 6.07) is 14.1. The summed E-state index contributed by atoms with van der Waals surface area (Å²) < 4.78 is 6.06. The van der Waals surface area contributed by atoms with Gasteiger partial charge in [0.25, 0.3) is 5.91 Å². The summed E-state index contributed by atoms with van der Waals surface area (Å²) in [5.74, 6) is -0.139. The van der Waals surface area contributed by atoms with Crippen molar-refractivity contribution in [2.24, 2.45) is 0 Å². The van der Waals surface area contributed by atoms with Gasteiger partial charge in [0.15, 0.2) is 6.10 Å². The highest BCUT2D eigenvalue weighted by molar-refractivity contribution is 6.31. The van der Waals surface area contributed by atoms with E-state index in [-0.39, 0.29) is 24.4 Å². The third kappa shape index (κ3) is 8.21. The van der Waals surface area contributed by atoms with Crippen LogP contribution in [0.25, 0.3) is 0 Å². The number of aryl methyl sites for hydroxylation is 1. The number of carbonyl (C=O) groups is 3. The fourth-order valence-electron chi connectivity index (χ4n) is 7.54. The molecule has 4 amide bonds. The van der Waals surface area contributed by atoms with Crippen LogP contribution in [-0.2, 0) is 22.4 Å². The van der Waals surface area contributed by atoms with E-state index < -0.39 is 12.2 Å². The molecule has 4 heterocycles. The van der Waals surface area contributed by atoms with E-state index in [1.54, 1.807) is 4.90 Å². The fourth-order valence-corrected chi connectivity index (χ4v) is 7.74. The van der Waals surface area contributed by atoms with Gasteiger partial charge in [-0.1, -0.05) is 41.9 Å². The van der Waals surface area contributed by atoms with Crippen molar-refractivity contribution in [3.8, 4) is 0 Å². The van der Waals surface area contributed by atoms with Gasteiger partial charge in [-0.3, -0.25) is 9.69 Å². The van der Waals surface area contributed by atoms with Crippen molar-refractivity contribution in [3.05, 3.63) is 64.2 Å². The van der Waals surface area contributed by atoms with Crippen molar-refractivity contribution in [2.45, 2.75) is 70.1 Å². The maximum atomic E-state index is 14.0. The highest BCUT2D eigenvalue weighted by atomic mass is 35.5. The van der Waals surface area contributed by atoms with Crippen LogP contribution in [0.1, 0.15) is 48.8 Å². The zero-order valence-electron chi connectivity index (χ0n) is 27.8. The van der Waals surface area contributed by atoms with Gasteiger partial charge in [-0.25, -0.2) is 9.59 Å². The Kier molecular flexibility index (Phi) is 10.9. The van der Waals surface area contributed by atoms with Crippen LogP contribution in [0, 0.1) is 6.92 Å². The van der Waals surface area contributed by atoms with E-state index in [0.29, 0.717) is 56.6 Å². The van der Waals surface area contributed by atoms with Crippen LogP contribution in [0.3, 0.4) is 0 Å². The molecule has 2 aromatic carbocycles. The second-order valence-corrected chi connectivity index (χ2v) is 14.1. The minimum Gasteiger partial charge on any atom is -0.436 e. The highest BCUT2D eigenvalue weighted by Crippen LogP contribution is 2.26. The molecule has 6 rings (SSSR count). The number of nitrogens with zero attached hydrogens (tertiary/aromatic N) is 5. The maximum absolute atomic E-state index is 14.0. The van der Waals surface area contributed by atoms with Gasteiger partial charge in [-0.05, 0) is 94.4 Å². The summed E-state index contributed by atoms with van der Waals surface area (Å²) in [4.78, 5) is 51.1. The third-order valence-corrected chi connectivity index (χ3v) is 10.9. The first-order chi connectivity index (χ1) is 22.7. The van der Waals surface area contributed by atoms with E-state index in [1.807, 2.05) is 53.1 Å². The number of hydrogen-bond acceptors (Lipinski definition) is 6. The largest absolute Gasteiger partial charge is 0.436 e. The molecule has 0 saturated carbocycles. The zero-order valence-corrected chi connectivity index (χ0v) is 28.6. The van der Waals surface area contributed by atoms with Crippen molar-refractivity contribution in [2.75, 3.05) is 71.3 Å². The molecule has 10 nitrogen and oxygen atoms in total. The van der Waals surface area contributed by atoms with Gasteiger partial charge in [-0.2, -0.15) is 0 Å². The highest BCUT2D eigenvalue weighted by Gasteiger charge is 2.36. The number of ether oxygens (including phenoxy) is 1. The summed E-state index contributed by atoms with van der Waals surface area (Å²) in [6.45, 7) is 9.20. The molecule has 0 radical (unpaired) electrons. The molecule has 11 heteroatoms. The minimum absolute atomic E-state index is 0.0337. The van der Waals surface area contributed by atoms with Gasteiger partial charge in [-0.15, -0.1) is 0 Å². The number of rotatable bonds is 6. The fraction of sp³-hybridized carbons (Fsp3) is 0.583. The number of amides is 4. The van der Waals surface area contributed by atoms with E-state index >= 15 is 0 Å². The van der Waals surface area contributed by atoms with Crippen LogP contribution < -0.4 is 5.32 Å². The second-order valence-electron chi connectivity index (χ2n) is 13.7. The first kappa shape index (κ1) is 33.6. The van der Waals surface area contributed by atoms with Crippen molar-refractivity contribution in [3.63, 3.8) is 0 Å².